The molecule has 1 aromatic carbocycles. The number of carbonyl (C=O) groups excluding carboxylic acids is 2. The van der Waals surface area contributed by atoms with E-state index in [2.05, 4.69) is 17.6 Å². The molecule has 186 valence electrons. The number of nitrogens with two attached hydrogens (primary N) is 1. The number of rotatable bonds is 4. The molecule has 0 saturated carbocycles. The van der Waals surface area contributed by atoms with Gasteiger partial charge in [-0.1, -0.05) is 37.3 Å². The molecule has 0 aromatic heterocycles. The van der Waals surface area contributed by atoms with Crippen molar-refractivity contribution >= 4 is 12.2 Å². The van der Waals surface area contributed by atoms with Crippen LogP contribution in [0.5, 0.6) is 0 Å². The second kappa shape index (κ2) is 13.4. The first kappa shape index (κ1) is 26.9. The van der Waals surface area contributed by atoms with E-state index < -0.39 is 11.7 Å². The Kier molecular flexibility index (Phi) is 10.9. The maximum Gasteiger partial charge on any atom is 0.407 e. The lowest BCUT2D eigenvalue weighted by atomic mass is 10.0. The van der Waals surface area contributed by atoms with E-state index in [0.29, 0.717) is 32.3 Å². The number of hydrogen-bond acceptors (Lipinski definition) is 7. The van der Waals surface area contributed by atoms with Crippen molar-refractivity contribution < 1.29 is 28.5 Å². The fourth-order valence-electron chi connectivity index (χ4n) is 3.50. The van der Waals surface area contributed by atoms with Crippen LogP contribution in [0.2, 0.25) is 0 Å². The largest absolute Gasteiger partial charge is 0.445 e. The molecule has 0 bridgehead atoms. The lowest BCUT2D eigenvalue weighted by Gasteiger charge is -2.28. The van der Waals surface area contributed by atoms with E-state index in [1.807, 2.05) is 51.1 Å². The Labute approximate surface area is 196 Å². The van der Waals surface area contributed by atoms with Gasteiger partial charge in [-0.3, -0.25) is 0 Å². The van der Waals surface area contributed by atoms with Crippen LogP contribution in [0.4, 0.5) is 9.59 Å². The Hall–Kier alpha value is -2.36. The van der Waals surface area contributed by atoms with Gasteiger partial charge in [0.05, 0.1) is 31.9 Å². The highest BCUT2D eigenvalue weighted by Crippen LogP contribution is 2.13. The monoisotopic (exact) mass is 465 g/mol. The van der Waals surface area contributed by atoms with E-state index in [-0.39, 0.29) is 24.2 Å². The Morgan fingerprint density at radius 3 is 2.18 bits per heavy atom. The smallest absolute Gasteiger partial charge is 0.407 e. The molecule has 9 heteroatoms. The van der Waals surface area contributed by atoms with Gasteiger partial charge in [0.25, 0.3) is 0 Å². The van der Waals surface area contributed by atoms with Gasteiger partial charge in [0.2, 0.25) is 0 Å². The topological polar surface area (TPSA) is 121 Å². The molecule has 3 rings (SSSR count). The van der Waals surface area contributed by atoms with Crippen LogP contribution in [0.3, 0.4) is 0 Å². The maximum absolute atomic E-state index is 11.6. The zero-order valence-electron chi connectivity index (χ0n) is 20.2. The van der Waals surface area contributed by atoms with Crippen molar-refractivity contribution in [1.29, 1.82) is 0 Å². The summed E-state index contributed by atoms with van der Waals surface area (Å²) >= 11 is 0. The number of ether oxygens (including phenoxy) is 4. The SMILES string of the molecule is CC(C)(C)OC(=O)NC1COCC(N)C1.CC1COCC(NC(=O)OCc2ccccc2)C1. The highest BCUT2D eigenvalue weighted by molar-refractivity contribution is 5.68. The van der Waals surface area contributed by atoms with E-state index in [0.717, 1.165) is 25.0 Å². The summed E-state index contributed by atoms with van der Waals surface area (Å²) in [6, 6.07) is 9.67. The Morgan fingerprint density at radius 2 is 1.58 bits per heavy atom. The fraction of sp³-hybridized carbons (Fsp3) is 0.667. The van der Waals surface area contributed by atoms with Gasteiger partial charge >= 0.3 is 12.2 Å². The van der Waals surface area contributed by atoms with E-state index >= 15 is 0 Å². The Morgan fingerprint density at radius 1 is 0.970 bits per heavy atom. The number of benzene rings is 1. The average Bonchev–Trinajstić information content (AvgIpc) is 2.72. The van der Waals surface area contributed by atoms with Crippen molar-refractivity contribution in [2.45, 2.75) is 70.9 Å². The van der Waals surface area contributed by atoms with Crippen LogP contribution >= 0.6 is 0 Å². The summed E-state index contributed by atoms with van der Waals surface area (Å²) in [7, 11) is 0. The van der Waals surface area contributed by atoms with Crippen molar-refractivity contribution in [3.05, 3.63) is 35.9 Å². The van der Waals surface area contributed by atoms with Gasteiger partial charge in [0, 0.05) is 12.6 Å². The van der Waals surface area contributed by atoms with Crippen molar-refractivity contribution in [3.63, 3.8) is 0 Å². The van der Waals surface area contributed by atoms with Gasteiger partial charge in [-0.25, -0.2) is 9.59 Å². The lowest BCUT2D eigenvalue weighted by Crippen LogP contribution is -2.48. The molecular formula is C24H39N3O6. The number of carbonyl (C=O) groups is 2. The minimum Gasteiger partial charge on any atom is -0.445 e. The molecule has 4 N–H and O–H groups in total. The summed E-state index contributed by atoms with van der Waals surface area (Å²) in [5.41, 5.74) is 6.23. The van der Waals surface area contributed by atoms with Gasteiger partial charge in [-0.2, -0.15) is 0 Å². The highest BCUT2D eigenvalue weighted by atomic mass is 16.6. The molecule has 4 atom stereocenters. The molecule has 4 unspecified atom stereocenters. The lowest BCUT2D eigenvalue weighted by molar-refractivity contribution is 0.0300. The van der Waals surface area contributed by atoms with E-state index in [4.69, 9.17) is 24.7 Å². The molecule has 33 heavy (non-hydrogen) atoms. The standard InChI is InChI=1S/C14H19NO3.C10H20N2O3/c1-11-7-13(10-17-8-11)15-14(16)18-9-12-5-3-2-4-6-12;1-10(2,3)15-9(13)12-8-4-7(11)5-14-6-8/h2-6,11,13H,7-10H2,1H3,(H,15,16);7-8H,4-6,11H2,1-3H3,(H,12,13). The number of nitrogens with one attached hydrogen (secondary N) is 2. The molecule has 2 saturated heterocycles. The van der Waals surface area contributed by atoms with Crippen molar-refractivity contribution in [2.24, 2.45) is 11.7 Å². The van der Waals surface area contributed by atoms with E-state index in [1.165, 1.54) is 0 Å². The summed E-state index contributed by atoms with van der Waals surface area (Å²) in [6.07, 6.45) is 0.895. The van der Waals surface area contributed by atoms with Crippen LogP contribution in [-0.2, 0) is 25.6 Å². The minimum absolute atomic E-state index is 0.00122. The molecule has 2 heterocycles. The van der Waals surface area contributed by atoms with Crippen LogP contribution in [0, 0.1) is 5.92 Å². The fourth-order valence-corrected chi connectivity index (χ4v) is 3.50. The predicted molar refractivity (Wildman–Crippen MR) is 125 cm³/mol. The third-order valence-corrected chi connectivity index (χ3v) is 4.90. The first-order chi connectivity index (χ1) is 15.6. The van der Waals surface area contributed by atoms with Gasteiger partial charge in [-0.05, 0) is 45.1 Å². The number of hydrogen-bond donors (Lipinski definition) is 3. The molecule has 0 spiro atoms. The summed E-state index contributed by atoms with van der Waals surface area (Å²) in [4.78, 5) is 23.0. The Bertz CT molecular complexity index is 725. The normalized spacial score (nSPS) is 25.1. The van der Waals surface area contributed by atoms with E-state index in [9.17, 15) is 9.59 Å². The zero-order valence-corrected chi connectivity index (χ0v) is 20.2. The highest BCUT2D eigenvalue weighted by Gasteiger charge is 2.24. The summed E-state index contributed by atoms with van der Waals surface area (Å²) in [6.45, 7) is 10.3. The molecular weight excluding hydrogens is 426 g/mol. The number of alkyl carbamates (subject to hydrolysis) is 2. The number of amides is 2. The Balaban J connectivity index is 0.000000238. The first-order valence-corrected chi connectivity index (χ1v) is 11.5. The third kappa shape index (κ3) is 11.9. The molecule has 2 aliphatic rings. The second-order valence-corrected chi connectivity index (χ2v) is 9.66. The van der Waals surface area contributed by atoms with Crippen molar-refractivity contribution in [1.82, 2.24) is 10.6 Å². The third-order valence-electron chi connectivity index (χ3n) is 4.90. The summed E-state index contributed by atoms with van der Waals surface area (Å²) in [5, 5.41) is 5.57. The van der Waals surface area contributed by atoms with Crippen molar-refractivity contribution in [3.8, 4) is 0 Å². The van der Waals surface area contributed by atoms with Crippen molar-refractivity contribution in [2.75, 3.05) is 26.4 Å². The summed E-state index contributed by atoms with van der Waals surface area (Å²) in [5.74, 6) is 0.484. The predicted octanol–water partition coefficient (Wildman–Crippen LogP) is 2.97. The van der Waals surface area contributed by atoms with Gasteiger partial charge in [0.1, 0.15) is 12.2 Å². The average molecular weight is 466 g/mol. The second-order valence-electron chi connectivity index (χ2n) is 9.66. The molecule has 2 fully saturated rings. The quantitative estimate of drug-likeness (QED) is 0.625. The minimum atomic E-state index is -0.471. The van der Waals surface area contributed by atoms with E-state index in [1.54, 1.807) is 0 Å². The van der Waals surface area contributed by atoms with Crippen LogP contribution in [0.1, 0.15) is 46.1 Å². The van der Waals surface area contributed by atoms with Crippen LogP contribution in [0.15, 0.2) is 30.3 Å². The van der Waals surface area contributed by atoms with Gasteiger partial charge < -0.3 is 35.3 Å². The van der Waals surface area contributed by atoms with Crippen LogP contribution < -0.4 is 16.4 Å². The maximum atomic E-state index is 11.6. The summed E-state index contributed by atoms with van der Waals surface area (Å²) < 4.78 is 20.9. The molecule has 2 aliphatic heterocycles. The first-order valence-electron chi connectivity index (χ1n) is 11.5. The van der Waals surface area contributed by atoms with Crippen LogP contribution in [-0.4, -0.2) is 62.3 Å². The molecule has 2 amide bonds. The zero-order chi connectivity index (χ0) is 24.3. The molecule has 0 aliphatic carbocycles. The molecule has 1 aromatic rings. The van der Waals surface area contributed by atoms with Gasteiger partial charge in [-0.15, -0.1) is 0 Å². The molecule has 9 nitrogen and oxygen atoms in total. The molecule has 0 radical (unpaired) electrons. The van der Waals surface area contributed by atoms with Crippen LogP contribution in [0.25, 0.3) is 0 Å². The van der Waals surface area contributed by atoms with Gasteiger partial charge in [0.15, 0.2) is 0 Å².